The van der Waals surface area contributed by atoms with E-state index in [2.05, 4.69) is 69.3 Å². The maximum absolute atomic E-state index is 6.63. The molecular formula is C17H20ClP. The molecule has 1 unspecified atom stereocenters. The normalized spacial score (nSPS) is 13.3. The Kier molecular flexibility index (Phi) is 4.66. The standard InChI is InChI=1S/C17H20ClP/c1-17(2,3)16-12-8-7-9-14(16)13-19(18)15-10-5-4-6-11-15/h4-12H,13H2,1-3H3. The molecule has 0 nitrogen and oxygen atoms in total. The molecule has 100 valence electrons. The first-order valence-corrected chi connectivity index (χ1v) is 8.98. The molecular weight excluding hydrogens is 271 g/mol. The van der Waals surface area contributed by atoms with Gasteiger partial charge in [-0.15, -0.1) is 0 Å². The lowest BCUT2D eigenvalue weighted by atomic mass is 9.84. The average molecular weight is 291 g/mol. The van der Waals surface area contributed by atoms with Crippen LogP contribution in [0.4, 0.5) is 0 Å². The van der Waals surface area contributed by atoms with Gasteiger partial charge < -0.3 is 0 Å². The van der Waals surface area contributed by atoms with Crippen LogP contribution < -0.4 is 5.30 Å². The van der Waals surface area contributed by atoms with Crippen molar-refractivity contribution in [3.63, 3.8) is 0 Å². The minimum atomic E-state index is -0.643. The summed E-state index contributed by atoms with van der Waals surface area (Å²) in [5.41, 5.74) is 2.94. The lowest BCUT2D eigenvalue weighted by Gasteiger charge is -2.24. The van der Waals surface area contributed by atoms with Gasteiger partial charge in [-0.2, -0.15) is 0 Å². The molecule has 0 bridgehead atoms. The fourth-order valence-electron chi connectivity index (χ4n) is 2.22. The van der Waals surface area contributed by atoms with Crippen molar-refractivity contribution in [3.8, 4) is 0 Å². The van der Waals surface area contributed by atoms with Gasteiger partial charge in [0, 0.05) is 13.4 Å². The Morgan fingerprint density at radius 2 is 1.47 bits per heavy atom. The third-order valence-corrected chi connectivity index (χ3v) is 5.59. The first-order chi connectivity index (χ1) is 8.98. The van der Waals surface area contributed by atoms with E-state index in [1.165, 1.54) is 16.4 Å². The summed E-state index contributed by atoms with van der Waals surface area (Å²) in [6.45, 7) is 6.76. The van der Waals surface area contributed by atoms with Crippen molar-refractivity contribution < 1.29 is 0 Å². The van der Waals surface area contributed by atoms with Crippen LogP contribution in [-0.4, -0.2) is 0 Å². The third-order valence-electron chi connectivity index (χ3n) is 3.17. The van der Waals surface area contributed by atoms with Crippen molar-refractivity contribution in [2.45, 2.75) is 32.3 Å². The zero-order chi connectivity index (χ0) is 13.9. The van der Waals surface area contributed by atoms with E-state index in [0.717, 1.165) is 6.16 Å². The van der Waals surface area contributed by atoms with E-state index in [1.807, 2.05) is 6.07 Å². The first-order valence-electron chi connectivity index (χ1n) is 6.55. The maximum Gasteiger partial charge on any atom is 0.0257 e. The van der Waals surface area contributed by atoms with E-state index in [0.29, 0.717) is 0 Å². The molecule has 1 atom stereocenters. The minimum Gasteiger partial charge on any atom is -0.0908 e. The minimum absolute atomic E-state index is 0.167. The Hall–Kier alpha value is -0.840. The first kappa shape index (κ1) is 14.6. The SMILES string of the molecule is CC(C)(C)c1ccccc1CP(Cl)c1ccccc1. The summed E-state index contributed by atoms with van der Waals surface area (Å²) in [6, 6.07) is 19.1. The highest BCUT2D eigenvalue weighted by molar-refractivity contribution is 7.89. The molecule has 2 aromatic carbocycles. The third kappa shape index (κ3) is 3.81. The summed E-state index contributed by atoms with van der Waals surface area (Å²) >= 11 is 6.63. The number of hydrogen-bond acceptors (Lipinski definition) is 0. The van der Waals surface area contributed by atoms with Crippen LogP contribution in [0, 0.1) is 0 Å². The van der Waals surface area contributed by atoms with Crippen LogP contribution in [0.25, 0.3) is 0 Å². The topological polar surface area (TPSA) is 0 Å². The van der Waals surface area contributed by atoms with Gasteiger partial charge >= 0.3 is 0 Å². The molecule has 0 saturated heterocycles. The molecule has 0 saturated carbocycles. The summed E-state index contributed by atoms with van der Waals surface area (Å²) in [4.78, 5) is 0. The van der Waals surface area contributed by atoms with E-state index >= 15 is 0 Å². The van der Waals surface area contributed by atoms with Crippen molar-refractivity contribution in [3.05, 3.63) is 65.7 Å². The Morgan fingerprint density at radius 3 is 2.11 bits per heavy atom. The Bertz CT molecular complexity index is 528. The van der Waals surface area contributed by atoms with Crippen LogP contribution in [0.5, 0.6) is 0 Å². The maximum atomic E-state index is 6.63. The van der Waals surface area contributed by atoms with Gasteiger partial charge in [0.15, 0.2) is 0 Å². The second kappa shape index (κ2) is 6.07. The van der Waals surface area contributed by atoms with Crippen molar-refractivity contribution in [1.29, 1.82) is 0 Å². The van der Waals surface area contributed by atoms with Crippen LogP contribution in [0.1, 0.15) is 31.9 Å². The highest BCUT2D eigenvalue weighted by Crippen LogP contribution is 2.45. The van der Waals surface area contributed by atoms with Crippen LogP contribution in [0.3, 0.4) is 0 Å². The van der Waals surface area contributed by atoms with Gasteiger partial charge in [0.25, 0.3) is 0 Å². The highest BCUT2D eigenvalue weighted by Gasteiger charge is 2.19. The average Bonchev–Trinajstić information content (AvgIpc) is 2.39. The molecule has 2 aromatic rings. The Balaban J connectivity index is 2.25. The predicted molar refractivity (Wildman–Crippen MR) is 87.7 cm³/mol. The monoisotopic (exact) mass is 290 g/mol. The van der Waals surface area contributed by atoms with Gasteiger partial charge in [-0.25, -0.2) is 0 Å². The Morgan fingerprint density at radius 1 is 0.895 bits per heavy atom. The molecule has 0 aromatic heterocycles. The quantitative estimate of drug-likeness (QED) is 0.660. The zero-order valence-electron chi connectivity index (χ0n) is 11.7. The summed E-state index contributed by atoms with van der Waals surface area (Å²) in [5.74, 6) is 0. The van der Waals surface area contributed by atoms with Gasteiger partial charge in [0.05, 0.1) is 0 Å². The van der Waals surface area contributed by atoms with Crippen LogP contribution >= 0.6 is 18.5 Å². The molecule has 19 heavy (non-hydrogen) atoms. The van der Waals surface area contributed by atoms with Gasteiger partial charge in [-0.3, -0.25) is 0 Å². The number of hydrogen-bond donors (Lipinski definition) is 0. The summed E-state index contributed by atoms with van der Waals surface area (Å²) in [6.07, 6.45) is 0.939. The van der Waals surface area contributed by atoms with E-state index in [1.54, 1.807) is 0 Å². The molecule has 0 fully saturated rings. The lowest BCUT2D eigenvalue weighted by Crippen LogP contribution is -2.14. The van der Waals surface area contributed by atoms with Gasteiger partial charge in [-0.1, -0.05) is 86.6 Å². The number of rotatable bonds is 3. The molecule has 2 rings (SSSR count). The van der Waals surface area contributed by atoms with Crippen molar-refractivity contribution in [1.82, 2.24) is 0 Å². The summed E-state index contributed by atoms with van der Waals surface area (Å²) in [5, 5.41) is 1.25. The van der Waals surface area contributed by atoms with Crippen LogP contribution in [-0.2, 0) is 11.6 Å². The molecule has 0 N–H and O–H groups in total. The second-order valence-corrected chi connectivity index (χ2v) is 8.54. The molecule has 0 heterocycles. The molecule has 0 aliphatic heterocycles. The van der Waals surface area contributed by atoms with E-state index in [9.17, 15) is 0 Å². The number of benzene rings is 2. The van der Waals surface area contributed by atoms with Crippen molar-refractivity contribution in [2.24, 2.45) is 0 Å². The lowest BCUT2D eigenvalue weighted by molar-refractivity contribution is 0.585. The second-order valence-electron chi connectivity index (χ2n) is 5.76. The van der Waals surface area contributed by atoms with Crippen molar-refractivity contribution in [2.75, 3.05) is 0 Å². The van der Waals surface area contributed by atoms with Gasteiger partial charge in [0.2, 0.25) is 0 Å². The largest absolute Gasteiger partial charge is 0.0908 e. The van der Waals surface area contributed by atoms with E-state index < -0.39 is 7.27 Å². The zero-order valence-corrected chi connectivity index (χ0v) is 13.4. The summed E-state index contributed by atoms with van der Waals surface area (Å²) in [7, 11) is -0.643. The van der Waals surface area contributed by atoms with Crippen molar-refractivity contribution >= 4 is 23.8 Å². The molecule has 0 radical (unpaired) electrons. The van der Waals surface area contributed by atoms with Crippen LogP contribution in [0.2, 0.25) is 0 Å². The predicted octanol–water partition coefficient (Wildman–Crippen LogP) is 5.45. The summed E-state index contributed by atoms with van der Waals surface area (Å²) < 4.78 is 0. The highest BCUT2D eigenvalue weighted by atomic mass is 35.7. The molecule has 0 aliphatic carbocycles. The fourth-order valence-corrected chi connectivity index (χ4v) is 4.20. The smallest absolute Gasteiger partial charge is 0.0257 e. The van der Waals surface area contributed by atoms with Gasteiger partial charge in [-0.05, 0) is 21.8 Å². The Labute approximate surface area is 122 Å². The molecule has 0 aliphatic rings. The van der Waals surface area contributed by atoms with E-state index in [-0.39, 0.29) is 5.41 Å². The molecule has 0 amide bonds. The van der Waals surface area contributed by atoms with Gasteiger partial charge in [0.1, 0.15) is 0 Å². The number of halogens is 1. The fraction of sp³-hybridized carbons (Fsp3) is 0.294. The van der Waals surface area contributed by atoms with E-state index in [4.69, 9.17) is 11.2 Å². The molecule has 0 spiro atoms. The molecule has 2 heteroatoms. The van der Waals surface area contributed by atoms with Crippen LogP contribution in [0.15, 0.2) is 54.6 Å².